The van der Waals surface area contributed by atoms with Crippen molar-refractivity contribution >= 4 is 23.6 Å². The maximum absolute atomic E-state index is 13.7. The highest BCUT2D eigenvalue weighted by atomic mass is 31.2. The van der Waals surface area contributed by atoms with Gasteiger partial charge in [-0.3, -0.25) is 4.57 Å². The van der Waals surface area contributed by atoms with Crippen molar-refractivity contribution in [2.45, 2.75) is 26.2 Å². The van der Waals surface area contributed by atoms with Gasteiger partial charge in [0.15, 0.2) is 0 Å². The largest absolute Gasteiger partial charge is 0.288 e. The molecule has 2 aromatic rings. The minimum Gasteiger partial charge on any atom is -0.288 e. The first-order chi connectivity index (χ1) is 10.2. The molecule has 0 amide bonds. The van der Waals surface area contributed by atoms with Crippen LogP contribution in [0.5, 0.6) is 0 Å². The van der Waals surface area contributed by atoms with Gasteiger partial charge in [-0.25, -0.2) is 4.76 Å². The van der Waals surface area contributed by atoms with Gasteiger partial charge in [0.25, 0.3) is 0 Å². The lowest BCUT2D eigenvalue weighted by Gasteiger charge is -2.15. The molecule has 1 fully saturated rings. The highest BCUT2D eigenvalue weighted by Gasteiger charge is 2.28. The molecule has 0 saturated heterocycles. The van der Waals surface area contributed by atoms with E-state index >= 15 is 0 Å². The van der Waals surface area contributed by atoms with E-state index in [1.54, 1.807) is 0 Å². The smallest absolute Gasteiger partial charge is 0.247 e. The average molecular weight is 297 g/mol. The Labute approximate surface area is 126 Å². The van der Waals surface area contributed by atoms with Gasteiger partial charge < -0.3 is 0 Å². The second-order valence-electron chi connectivity index (χ2n) is 5.76. The summed E-state index contributed by atoms with van der Waals surface area (Å²) in [4.78, 5) is 0. The van der Waals surface area contributed by atoms with E-state index in [1.165, 1.54) is 0 Å². The van der Waals surface area contributed by atoms with Gasteiger partial charge in [-0.05, 0) is 49.4 Å². The van der Waals surface area contributed by atoms with Crippen molar-refractivity contribution in [1.29, 1.82) is 0 Å². The van der Waals surface area contributed by atoms with E-state index in [2.05, 4.69) is 6.92 Å². The lowest BCUT2D eigenvalue weighted by Crippen LogP contribution is -2.15. The number of hydrogen-bond donors (Lipinski definition) is 0. The van der Waals surface area contributed by atoms with E-state index in [-0.39, 0.29) is 0 Å². The van der Waals surface area contributed by atoms with Crippen molar-refractivity contribution in [3.8, 4) is 0 Å². The molecule has 2 nitrogen and oxygen atoms in total. The highest BCUT2D eigenvalue weighted by molar-refractivity contribution is 7.77. The van der Waals surface area contributed by atoms with Gasteiger partial charge in [0.2, 0.25) is 7.29 Å². The number of rotatable bonds is 3. The standard InChI is InChI=1S/C18H20NOP/c1-15-12-13-16(14-15)19-21(20,17-8-4-2-5-9-17)18-10-6-3-7-11-18/h2-11,15H,12-14H2,1H3/b19-16+. The van der Waals surface area contributed by atoms with Crippen molar-refractivity contribution < 1.29 is 4.57 Å². The van der Waals surface area contributed by atoms with Crippen molar-refractivity contribution in [2.75, 3.05) is 0 Å². The summed E-state index contributed by atoms with van der Waals surface area (Å²) in [5.41, 5.74) is 1.11. The highest BCUT2D eigenvalue weighted by Crippen LogP contribution is 2.46. The van der Waals surface area contributed by atoms with Gasteiger partial charge in [0.1, 0.15) is 0 Å². The molecule has 1 unspecified atom stereocenters. The Morgan fingerprint density at radius 2 is 1.48 bits per heavy atom. The molecule has 0 N–H and O–H groups in total. The van der Waals surface area contributed by atoms with Crippen LogP contribution in [-0.4, -0.2) is 5.71 Å². The number of benzene rings is 2. The molecule has 1 atom stereocenters. The molecule has 1 aliphatic carbocycles. The van der Waals surface area contributed by atoms with E-state index in [1.807, 2.05) is 60.7 Å². The van der Waals surface area contributed by atoms with Crippen LogP contribution in [0.4, 0.5) is 0 Å². The van der Waals surface area contributed by atoms with Crippen LogP contribution in [0, 0.1) is 5.92 Å². The predicted molar refractivity (Wildman–Crippen MR) is 90.2 cm³/mol. The molecule has 0 radical (unpaired) electrons. The van der Waals surface area contributed by atoms with Crippen LogP contribution in [0.1, 0.15) is 26.2 Å². The topological polar surface area (TPSA) is 29.4 Å². The van der Waals surface area contributed by atoms with Crippen LogP contribution < -0.4 is 10.6 Å². The fraction of sp³-hybridized carbons (Fsp3) is 0.278. The Morgan fingerprint density at radius 1 is 0.952 bits per heavy atom. The van der Waals surface area contributed by atoms with Crippen molar-refractivity contribution in [1.82, 2.24) is 0 Å². The summed E-state index contributed by atoms with van der Waals surface area (Å²) in [5, 5.41) is 1.64. The van der Waals surface area contributed by atoms with Gasteiger partial charge in [-0.1, -0.05) is 43.3 Å². The van der Waals surface area contributed by atoms with E-state index in [0.29, 0.717) is 5.92 Å². The SMILES string of the molecule is CC1CC/C(=N\P(=O)(c2ccccc2)c2ccccc2)C1. The Morgan fingerprint density at radius 3 is 1.90 bits per heavy atom. The second kappa shape index (κ2) is 5.99. The van der Waals surface area contributed by atoms with E-state index in [9.17, 15) is 4.57 Å². The molecule has 108 valence electrons. The first kappa shape index (κ1) is 14.3. The molecule has 0 bridgehead atoms. The molecular weight excluding hydrogens is 277 g/mol. The quantitative estimate of drug-likeness (QED) is 0.782. The van der Waals surface area contributed by atoms with Crippen LogP contribution in [0.25, 0.3) is 0 Å². The Bertz CT molecular complexity index is 635. The zero-order chi connectivity index (χ0) is 14.7. The summed E-state index contributed by atoms with van der Waals surface area (Å²) in [6, 6.07) is 19.3. The van der Waals surface area contributed by atoms with Crippen LogP contribution in [0.3, 0.4) is 0 Å². The van der Waals surface area contributed by atoms with Crippen LogP contribution in [0.2, 0.25) is 0 Å². The van der Waals surface area contributed by atoms with Crippen molar-refractivity contribution in [2.24, 2.45) is 10.7 Å². The predicted octanol–water partition coefficient (Wildman–Crippen LogP) is 4.18. The Hall–Kier alpha value is -1.66. The van der Waals surface area contributed by atoms with Gasteiger partial charge in [-0.2, -0.15) is 0 Å². The molecule has 2 aromatic carbocycles. The van der Waals surface area contributed by atoms with Crippen LogP contribution in [-0.2, 0) is 4.57 Å². The van der Waals surface area contributed by atoms with Gasteiger partial charge in [0, 0.05) is 16.3 Å². The summed E-state index contributed by atoms with van der Waals surface area (Å²) in [6.45, 7) is 2.23. The molecule has 0 heterocycles. The van der Waals surface area contributed by atoms with Crippen LogP contribution >= 0.6 is 7.29 Å². The summed E-state index contributed by atoms with van der Waals surface area (Å²) in [6.07, 6.45) is 3.11. The van der Waals surface area contributed by atoms with Gasteiger partial charge in [0.05, 0.1) is 0 Å². The molecule has 21 heavy (non-hydrogen) atoms. The summed E-state index contributed by atoms with van der Waals surface area (Å²) >= 11 is 0. The summed E-state index contributed by atoms with van der Waals surface area (Å²) in [5.74, 6) is 0.656. The van der Waals surface area contributed by atoms with Gasteiger partial charge >= 0.3 is 0 Å². The number of nitrogens with zero attached hydrogens (tertiary/aromatic N) is 1. The molecule has 0 spiro atoms. The molecule has 3 heteroatoms. The first-order valence-electron chi connectivity index (χ1n) is 7.48. The molecule has 0 aromatic heterocycles. The summed E-state index contributed by atoms with van der Waals surface area (Å²) in [7, 11) is -2.91. The zero-order valence-electron chi connectivity index (χ0n) is 12.3. The minimum absolute atomic E-state index is 0.656. The average Bonchev–Trinajstić information content (AvgIpc) is 2.94. The lowest BCUT2D eigenvalue weighted by atomic mass is 10.1. The maximum atomic E-state index is 13.7. The molecular formula is C18H20NOP. The monoisotopic (exact) mass is 297 g/mol. The van der Waals surface area contributed by atoms with Crippen LogP contribution in [0.15, 0.2) is 65.4 Å². The third kappa shape index (κ3) is 3.01. The lowest BCUT2D eigenvalue weighted by molar-refractivity contribution is 0.588. The molecule has 1 aliphatic rings. The second-order valence-corrected chi connectivity index (χ2v) is 8.15. The fourth-order valence-electron chi connectivity index (χ4n) is 2.83. The minimum atomic E-state index is -2.91. The third-order valence-corrected chi connectivity index (χ3v) is 6.57. The fourth-order valence-corrected chi connectivity index (χ4v) is 5.10. The third-order valence-electron chi connectivity index (χ3n) is 4.00. The Balaban J connectivity index is 2.10. The van der Waals surface area contributed by atoms with E-state index in [4.69, 9.17) is 4.76 Å². The van der Waals surface area contributed by atoms with Crippen molar-refractivity contribution in [3.05, 3.63) is 60.7 Å². The van der Waals surface area contributed by atoms with E-state index in [0.717, 1.165) is 35.6 Å². The molecule has 1 saturated carbocycles. The number of hydrogen-bond acceptors (Lipinski definition) is 1. The summed E-state index contributed by atoms with van der Waals surface area (Å²) < 4.78 is 18.5. The normalized spacial score (nSPS) is 20.8. The van der Waals surface area contributed by atoms with Crippen molar-refractivity contribution in [3.63, 3.8) is 0 Å². The van der Waals surface area contributed by atoms with Gasteiger partial charge in [-0.15, -0.1) is 0 Å². The van der Waals surface area contributed by atoms with E-state index < -0.39 is 7.29 Å². The molecule has 0 aliphatic heterocycles. The maximum Gasteiger partial charge on any atom is 0.247 e. The Kier molecular flexibility index (Phi) is 4.07. The zero-order valence-corrected chi connectivity index (χ0v) is 13.2. The first-order valence-corrected chi connectivity index (χ1v) is 9.14. The molecule has 3 rings (SSSR count).